The Bertz CT molecular complexity index is 5210. The monoisotopic (exact) mass is 983 g/mol. The molecule has 7 aromatic heterocycles. The van der Waals surface area contributed by atoms with Gasteiger partial charge in [-0.15, -0.1) is 0 Å². The number of furan rings is 4. The molecule has 0 amide bonds. The molecule has 7 heterocycles. The van der Waals surface area contributed by atoms with Crippen LogP contribution in [0.1, 0.15) is 11.1 Å². The van der Waals surface area contributed by atoms with Gasteiger partial charge in [0.05, 0.1) is 82.8 Å². The highest BCUT2D eigenvalue weighted by Gasteiger charge is 2.33. The highest BCUT2D eigenvalue weighted by atomic mass is 16.3. The average molecular weight is 984 g/mol. The van der Waals surface area contributed by atoms with Crippen molar-refractivity contribution in [3.63, 3.8) is 0 Å². The first-order valence-corrected chi connectivity index (χ1v) is 25.5. The number of hydrogen-bond donors (Lipinski definition) is 0. The van der Waals surface area contributed by atoms with Crippen LogP contribution in [0.4, 0.5) is 0 Å². The van der Waals surface area contributed by atoms with Crippen LogP contribution in [0.5, 0.6) is 0 Å². The molecule has 0 saturated heterocycles. The molecular formula is C68H33N5O4. The number of hydrogen-bond acceptors (Lipinski definition) is 6. The van der Waals surface area contributed by atoms with E-state index in [1.165, 1.54) is 0 Å². The predicted octanol–water partition coefficient (Wildman–Crippen LogP) is 18.3. The minimum Gasteiger partial charge on any atom is -0.455 e. The maximum atomic E-state index is 11.9. The van der Waals surface area contributed by atoms with E-state index in [0.717, 1.165) is 131 Å². The van der Waals surface area contributed by atoms with Crippen LogP contribution in [0.15, 0.2) is 218 Å². The van der Waals surface area contributed by atoms with Gasteiger partial charge >= 0.3 is 0 Å². The van der Waals surface area contributed by atoms with Crippen molar-refractivity contribution < 1.29 is 17.7 Å². The van der Waals surface area contributed by atoms with Crippen LogP contribution in [0.3, 0.4) is 0 Å². The van der Waals surface area contributed by atoms with Crippen molar-refractivity contribution in [3.05, 3.63) is 211 Å². The van der Waals surface area contributed by atoms with Gasteiger partial charge in [-0.25, -0.2) is 0 Å². The molecule has 0 aliphatic rings. The Labute approximate surface area is 433 Å². The standard InChI is InChI=1S/C68H33N5O4/c69-34-36-33-37(35-70)63(73-52-31-27-46-42-17-5-11-23-56(42)76-67(46)60(52)61-53(73)32-28-47-43-18-6-12-24-57(43)77-68(47)61)64(71-48-19-7-1-13-38(48)39-14-2-8-20-49(39)71)62(36)72-50-29-25-44-40-15-3-9-21-54(40)74-65(44)58(50)59-51(72)30-26-45-41-16-4-10-22-55(41)75-66(45)59/h1-33H. The minimum absolute atomic E-state index is 0.301. The summed E-state index contributed by atoms with van der Waals surface area (Å²) in [6.45, 7) is 0. The topological polar surface area (TPSA) is 115 Å². The molecule has 9 heteroatoms. The lowest BCUT2D eigenvalue weighted by molar-refractivity contribution is 0.670. The van der Waals surface area contributed by atoms with Crippen molar-refractivity contribution in [1.29, 1.82) is 10.5 Å². The normalized spacial score (nSPS) is 12.4. The first-order chi connectivity index (χ1) is 38.1. The summed E-state index contributed by atoms with van der Waals surface area (Å²) in [5.74, 6) is 0. The molecule has 0 aliphatic carbocycles. The van der Waals surface area contributed by atoms with E-state index in [4.69, 9.17) is 17.7 Å². The van der Waals surface area contributed by atoms with E-state index in [0.29, 0.717) is 50.5 Å². The van der Waals surface area contributed by atoms with Crippen LogP contribution in [0, 0.1) is 22.7 Å². The molecule has 11 aromatic carbocycles. The summed E-state index contributed by atoms with van der Waals surface area (Å²) in [7, 11) is 0. The maximum absolute atomic E-state index is 11.9. The molecule has 0 N–H and O–H groups in total. The average Bonchev–Trinajstić information content (AvgIpc) is 4.49. The molecule has 18 rings (SSSR count). The molecule has 0 spiro atoms. The van der Waals surface area contributed by atoms with Crippen LogP contribution in [-0.2, 0) is 0 Å². The van der Waals surface area contributed by atoms with Crippen LogP contribution < -0.4 is 0 Å². The Balaban J connectivity index is 1.11. The van der Waals surface area contributed by atoms with Crippen LogP contribution in [0.25, 0.3) is 170 Å². The van der Waals surface area contributed by atoms with E-state index < -0.39 is 0 Å². The Morgan fingerprint density at radius 1 is 0.260 bits per heavy atom. The van der Waals surface area contributed by atoms with Crippen molar-refractivity contribution in [2.24, 2.45) is 0 Å². The van der Waals surface area contributed by atoms with Gasteiger partial charge in [-0.1, -0.05) is 109 Å². The lowest BCUT2D eigenvalue weighted by Crippen LogP contribution is -2.13. The Morgan fingerprint density at radius 2 is 0.532 bits per heavy atom. The van der Waals surface area contributed by atoms with Crippen molar-refractivity contribution in [2.75, 3.05) is 0 Å². The number of fused-ring (bicyclic) bond motifs is 25. The molecule has 0 aliphatic heterocycles. The lowest BCUT2D eigenvalue weighted by Gasteiger charge is -2.24. The molecule has 0 bridgehead atoms. The van der Waals surface area contributed by atoms with Gasteiger partial charge in [-0.05, 0) is 91.0 Å². The third-order valence-corrected chi connectivity index (χ3v) is 16.3. The summed E-state index contributed by atoms with van der Waals surface area (Å²) in [5, 5.41) is 37.0. The quantitative estimate of drug-likeness (QED) is 0.174. The summed E-state index contributed by atoms with van der Waals surface area (Å²) in [5.41, 5.74) is 13.2. The number of benzene rings is 11. The van der Waals surface area contributed by atoms with E-state index in [2.05, 4.69) is 135 Å². The van der Waals surface area contributed by atoms with Gasteiger partial charge < -0.3 is 31.4 Å². The molecule has 0 fully saturated rings. The summed E-state index contributed by atoms with van der Waals surface area (Å²) in [4.78, 5) is 0. The van der Waals surface area contributed by atoms with Crippen molar-refractivity contribution >= 4 is 153 Å². The van der Waals surface area contributed by atoms with Crippen molar-refractivity contribution in [2.45, 2.75) is 0 Å². The molecule has 18 aromatic rings. The van der Waals surface area contributed by atoms with Gasteiger partial charge in [0.2, 0.25) is 0 Å². The van der Waals surface area contributed by atoms with E-state index in [9.17, 15) is 10.5 Å². The summed E-state index contributed by atoms with van der Waals surface area (Å²) < 4.78 is 34.5. The van der Waals surface area contributed by atoms with Crippen LogP contribution >= 0.6 is 0 Å². The number of aromatic nitrogens is 3. The molecule has 9 nitrogen and oxygen atoms in total. The summed E-state index contributed by atoms with van der Waals surface area (Å²) >= 11 is 0. The van der Waals surface area contributed by atoms with Gasteiger partial charge in [-0.2, -0.15) is 10.5 Å². The molecule has 0 saturated carbocycles. The maximum Gasteiger partial charge on any atom is 0.145 e. The van der Waals surface area contributed by atoms with E-state index >= 15 is 0 Å². The van der Waals surface area contributed by atoms with Crippen LogP contribution in [0.2, 0.25) is 0 Å². The van der Waals surface area contributed by atoms with E-state index in [1.807, 2.05) is 84.9 Å². The summed E-state index contributed by atoms with van der Waals surface area (Å²) in [6.07, 6.45) is 0. The predicted molar refractivity (Wildman–Crippen MR) is 308 cm³/mol. The Kier molecular flexibility index (Phi) is 7.57. The van der Waals surface area contributed by atoms with E-state index in [1.54, 1.807) is 6.07 Å². The molecule has 77 heavy (non-hydrogen) atoms. The number of nitriles is 2. The first-order valence-electron chi connectivity index (χ1n) is 25.5. The lowest BCUT2D eigenvalue weighted by atomic mass is 10.0. The van der Waals surface area contributed by atoms with Crippen LogP contribution in [-0.4, -0.2) is 13.7 Å². The highest BCUT2D eigenvalue weighted by Crippen LogP contribution is 2.51. The largest absolute Gasteiger partial charge is 0.455 e. The van der Waals surface area contributed by atoms with Gasteiger partial charge in [0.1, 0.15) is 56.8 Å². The number of nitrogens with zero attached hydrogens (tertiary/aromatic N) is 5. The second kappa shape index (κ2) is 14.4. The zero-order valence-electron chi connectivity index (χ0n) is 40.4. The Morgan fingerprint density at radius 3 is 0.844 bits per heavy atom. The third-order valence-electron chi connectivity index (χ3n) is 16.3. The van der Waals surface area contributed by atoms with Crippen molar-refractivity contribution in [1.82, 2.24) is 13.7 Å². The smallest absolute Gasteiger partial charge is 0.145 e. The van der Waals surface area contributed by atoms with E-state index in [-0.39, 0.29) is 0 Å². The zero-order chi connectivity index (χ0) is 50.4. The molecule has 354 valence electrons. The fraction of sp³-hybridized carbons (Fsp3) is 0. The minimum atomic E-state index is 0.301. The second-order valence-corrected chi connectivity index (χ2v) is 20.0. The number of rotatable bonds is 3. The fourth-order valence-electron chi connectivity index (χ4n) is 13.2. The van der Waals surface area contributed by atoms with Gasteiger partial charge in [0.25, 0.3) is 0 Å². The molecule has 0 radical (unpaired) electrons. The summed E-state index contributed by atoms with van der Waals surface area (Å²) in [6, 6.07) is 73.3. The van der Waals surface area contributed by atoms with Gasteiger partial charge in [-0.3, -0.25) is 0 Å². The first kappa shape index (κ1) is 40.5. The second-order valence-electron chi connectivity index (χ2n) is 20.0. The fourth-order valence-corrected chi connectivity index (χ4v) is 13.2. The molecule has 0 unspecified atom stereocenters. The third kappa shape index (κ3) is 5.01. The van der Waals surface area contributed by atoms with Gasteiger partial charge in [0, 0.05) is 53.9 Å². The van der Waals surface area contributed by atoms with Crippen molar-refractivity contribution in [3.8, 4) is 29.2 Å². The molecule has 0 atom stereocenters. The van der Waals surface area contributed by atoms with Gasteiger partial charge in [0.15, 0.2) is 0 Å². The molecular weight excluding hydrogens is 951 g/mol. The number of para-hydroxylation sites is 6. The highest BCUT2D eigenvalue weighted by molar-refractivity contribution is 6.33. The Hall–Kier alpha value is -11.0. The SMILES string of the molecule is N#Cc1cc(C#N)c(-n2c3ccc4c5ccccc5oc4c3c3c4oc5ccccc5c4ccc32)c(-n2c3ccccc3c3ccccc32)c1-n1c2ccc3c4ccccc4oc3c2c2c3oc4ccccc4c3ccc21. The zero-order valence-corrected chi connectivity index (χ0v) is 40.4.